The number of benzene rings is 1. The van der Waals surface area contributed by atoms with Crippen LogP contribution in [-0.4, -0.2) is 12.5 Å². The lowest BCUT2D eigenvalue weighted by atomic mass is 10.1. The molecule has 0 bridgehead atoms. The Kier molecular flexibility index (Phi) is 3.51. The van der Waals surface area contributed by atoms with Gasteiger partial charge in [-0.3, -0.25) is 4.79 Å². The van der Waals surface area contributed by atoms with Gasteiger partial charge in [-0.05, 0) is 12.1 Å². The molecule has 15 heavy (non-hydrogen) atoms. The first-order valence-corrected chi connectivity index (χ1v) is 4.12. The third-order valence-electron chi connectivity index (χ3n) is 1.57. The van der Waals surface area contributed by atoms with E-state index in [1.807, 2.05) is 5.92 Å². The predicted molar refractivity (Wildman–Crippen MR) is 49.4 cm³/mol. The molecule has 0 spiro atoms. The third kappa shape index (κ3) is 4.32. The molecule has 0 heterocycles. The van der Waals surface area contributed by atoms with Crippen LogP contribution in [0.4, 0.5) is 13.2 Å². The highest BCUT2D eigenvalue weighted by Gasteiger charge is 2.25. The lowest BCUT2D eigenvalue weighted by Gasteiger charge is -1.97. The molecule has 78 valence electrons. The standard InChI is InChI=1S/C11H7F3O/c12-11(13,14)7-1-2-9-3-5-10(8-15)6-4-9/h3-6,8H,7H2. The van der Waals surface area contributed by atoms with Gasteiger partial charge in [0.2, 0.25) is 0 Å². The molecule has 1 rings (SSSR count). The molecule has 1 nitrogen and oxygen atoms in total. The highest BCUT2D eigenvalue weighted by Crippen LogP contribution is 2.18. The number of alkyl halides is 3. The van der Waals surface area contributed by atoms with Crippen LogP contribution in [0.15, 0.2) is 24.3 Å². The normalized spacial score (nSPS) is 10.3. The predicted octanol–water partition coefficient (Wildman–Crippen LogP) is 2.80. The Balaban J connectivity index is 2.68. The Bertz CT molecular complexity index is 393. The zero-order valence-corrected chi connectivity index (χ0v) is 7.64. The van der Waals surface area contributed by atoms with Gasteiger partial charge in [0, 0.05) is 11.1 Å². The summed E-state index contributed by atoms with van der Waals surface area (Å²) in [5, 5.41) is 0. The number of carbonyl (C=O) groups excluding carboxylic acids is 1. The van der Waals surface area contributed by atoms with Crippen molar-refractivity contribution >= 4 is 6.29 Å². The fourth-order valence-electron chi connectivity index (χ4n) is 0.891. The maximum Gasteiger partial charge on any atom is 0.399 e. The third-order valence-corrected chi connectivity index (χ3v) is 1.57. The SMILES string of the molecule is O=Cc1ccc(C#CCC(F)(F)F)cc1. The van der Waals surface area contributed by atoms with Crippen molar-refractivity contribution in [2.75, 3.05) is 0 Å². The number of hydrogen-bond donors (Lipinski definition) is 0. The van der Waals surface area contributed by atoms with Crippen molar-refractivity contribution in [2.24, 2.45) is 0 Å². The van der Waals surface area contributed by atoms with Crippen LogP contribution >= 0.6 is 0 Å². The molecule has 4 heteroatoms. The molecule has 0 amide bonds. The second-order valence-corrected chi connectivity index (χ2v) is 2.83. The second-order valence-electron chi connectivity index (χ2n) is 2.83. The summed E-state index contributed by atoms with van der Waals surface area (Å²) >= 11 is 0. The summed E-state index contributed by atoms with van der Waals surface area (Å²) in [6.45, 7) is 0. The van der Waals surface area contributed by atoms with Crippen LogP contribution in [0.1, 0.15) is 22.3 Å². The van der Waals surface area contributed by atoms with E-state index < -0.39 is 12.6 Å². The molecule has 0 saturated carbocycles. The van der Waals surface area contributed by atoms with E-state index in [1.165, 1.54) is 24.3 Å². The Morgan fingerprint density at radius 3 is 2.27 bits per heavy atom. The molecule has 1 aromatic carbocycles. The van der Waals surface area contributed by atoms with Gasteiger partial charge >= 0.3 is 6.18 Å². The van der Waals surface area contributed by atoms with Gasteiger partial charge in [-0.2, -0.15) is 13.2 Å². The highest BCUT2D eigenvalue weighted by molar-refractivity contribution is 5.74. The Morgan fingerprint density at radius 2 is 1.80 bits per heavy atom. The van der Waals surface area contributed by atoms with Crippen molar-refractivity contribution in [3.8, 4) is 11.8 Å². The van der Waals surface area contributed by atoms with Crippen LogP contribution in [0.3, 0.4) is 0 Å². The van der Waals surface area contributed by atoms with Gasteiger partial charge in [-0.15, -0.1) is 0 Å². The molecule has 0 aromatic heterocycles. The van der Waals surface area contributed by atoms with E-state index in [-0.39, 0.29) is 0 Å². The average molecular weight is 212 g/mol. The zero-order valence-electron chi connectivity index (χ0n) is 7.64. The van der Waals surface area contributed by atoms with Gasteiger partial charge in [0.15, 0.2) is 0 Å². The topological polar surface area (TPSA) is 17.1 Å². The van der Waals surface area contributed by atoms with Gasteiger partial charge in [-0.25, -0.2) is 0 Å². The first kappa shape index (κ1) is 11.3. The number of rotatable bonds is 1. The first-order valence-electron chi connectivity index (χ1n) is 4.12. The molecule has 0 fully saturated rings. The molecule has 0 aliphatic carbocycles. The maximum atomic E-state index is 11.7. The first-order chi connectivity index (χ1) is 7.01. The Labute approximate surface area is 84.9 Å². The minimum absolute atomic E-state index is 0.463. The number of carbonyl (C=O) groups is 1. The van der Waals surface area contributed by atoms with Crippen LogP contribution in [0.5, 0.6) is 0 Å². The summed E-state index contributed by atoms with van der Waals surface area (Å²) < 4.78 is 35.2. The molecule has 0 saturated heterocycles. The molecular formula is C11H7F3O. The van der Waals surface area contributed by atoms with Gasteiger partial charge in [-0.1, -0.05) is 24.0 Å². The van der Waals surface area contributed by atoms with Gasteiger partial charge in [0.1, 0.15) is 12.7 Å². The van der Waals surface area contributed by atoms with Crippen LogP contribution in [0.25, 0.3) is 0 Å². The maximum absolute atomic E-state index is 11.7. The van der Waals surface area contributed by atoms with Crippen molar-refractivity contribution < 1.29 is 18.0 Å². The average Bonchev–Trinajstić information content (AvgIpc) is 2.17. The van der Waals surface area contributed by atoms with Gasteiger partial charge in [0.05, 0.1) is 0 Å². The summed E-state index contributed by atoms with van der Waals surface area (Å²) in [7, 11) is 0. The van der Waals surface area contributed by atoms with Crippen molar-refractivity contribution in [1.29, 1.82) is 0 Å². The van der Waals surface area contributed by atoms with E-state index in [4.69, 9.17) is 0 Å². The quantitative estimate of drug-likeness (QED) is 0.516. The van der Waals surface area contributed by atoms with Crippen LogP contribution in [-0.2, 0) is 0 Å². The Hall–Kier alpha value is -1.76. The largest absolute Gasteiger partial charge is 0.399 e. The molecule has 0 atom stereocenters. The number of aldehydes is 1. The van der Waals surface area contributed by atoms with E-state index >= 15 is 0 Å². The van der Waals surface area contributed by atoms with Gasteiger partial charge < -0.3 is 0 Å². The summed E-state index contributed by atoms with van der Waals surface area (Å²) in [6.07, 6.45) is -4.72. The summed E-state index contributed by atoms with van der Waals surface area (Å²) in [4.78, 5) is 10.3. The lowest BCUT2D eigenvalue weighted by Crippen LogP contribution is -2.04. The fraction of sp³-hybridized carbons (Fsp3) is 0.182. The molecule has 0 aliphatic heterocycles. The van der Waals surface area contributed by atoms with Crippen molar-refractivity contribution in [2.45, 2.75) is 12.6 Å². The number of halogens is 3. The van der Waals surface area contributed by atoms with E-state index in [0.29, 0.717) is 17.4 Å². The van der Waals surface area contributed by atoms with E-state index in [0.717, 1.165) is 0 Å². The summed E-state index contributed by atoms with van der Waals surface area (Å²) in [6, 6.07) is 6.02. The minimum Gasteiger partial charge on any atom is -0.298 e. The molecular weight excluding hydrogens is 205 g/mol. The zero-order chi connectivity index (χ0) is 11.3. The fourth-order valence-corrected chi connectivity index (χ4v) is 0.891. The second kappa shape index (κ2) is 4.65. The van der Waals surface area contributed by atoms with E-state index in [9.17, 15) is 18.0 Å². The van der Waals surface area contributed by atoms with Crippen molar-refractivity contribution in [1.82, 2.24) is 0 Å². The summed E-state index contributed by atoms with van der Waals surface area (Å²) in [5.74, 6) is 4.38. The van der Waals surface area contributed by atoms with Crippen molar-refractivity contribution in [3.05, 3.63) is 35.4 Å². The van der Waals surface area contributed by atoms with Gasteiger partial charge in [0.25, 0.3) is 0 Å². The van der Waals surface area contributed by atoms with Crippen LogP contribution < -0.4 is 0 Å². The van der Waals surface area contributed by atoms with Crippen LogP contribution in [0, 0.1) is 11.8 Å². The lowest BCUT2D eigenvalue weighted by molar-refractivity contribution is -0.123. The molecule has 1 aromatic rings. The van der Waals surface area contributed by atoms with Crippen molar-refractivity contribution in [3.63, 3.8) is 0 Å². The molecule has 0 aliphatic rings. The monoisotopic (exact) mass is 212 g/mol. The smallest absolute Gasteiger partial charge is 0.298 e. The van der Waals surface area contributed by atoms with E-state index in [2.05, 4.69) is 5.92 Å². The molecule has 0 unspecified atom stereocenters. The number of hydrogen-bond acceptors (Lipinski definition) is 1. The Morgan fingerprint density at radius 1 is 1.20 bits per heavy atom. The van der Waals surface area contributed by atoms with Crippen LogP contribution in [0.2, 0.25) is 0 Å². The highest BCUT2D eigenvalue weighted by atomic mass is 19.4. The minimum atomic E-state index is -4.25. The van der Waals surface area contributed by atoms with E-state index in [1.54, 1.807) is 0 Å². The molecule has 0 radical (unpaired) electrons. The molecule has 0 N–H and O–H groups in total. The summed E-state index contributed by atoms with van der Waals surface area (Å²) in [5.41, 5.74) is 0.932.